The highest BCUT2D eigenvalue weighted by Gasteiger charge is 2.07. The fourth-order valence-electron chi connectivity index (χ4n) is 1.21. The molecule has 3 heteroatoms. The fourth-order valence-corrected chi connectivity index (χ4v) is 1.21. The topological polar surface area (TPSA) is 45.5 Å². The van der Waals surface area contributed by atoms with Gasteiger partial charge >= 0.3 is 0 Å². The van der Waals surface area contributed by atoms with Gasteiger partial charge < -0.3 is 5.73 Å². The quantitative estimate of drug-likeness (QED) is 0.654. The minimum Gasteiger partial charge on any atom is -0.356 e. The van der Waals surface area contributed by atoms with Crippen molar-refractivity contribution in [3.05, 3.63) is 17.5 Å². The predicted molar refractivity (Wildman–Crippen MR) is 44.2 cm³/mol. The number of nitrogens with zero attached hydrogens (tertiary/aromatic N) is 2. The summed E-state index contributed by atoms with van der Waals surface area (Å²) in [5.41, 5.74) is 6.16. The molecule has 0 bridgehead atoms. The Labute approximate surface area is 67.2 Å². The average Bonchev–Trinajstić information content (AvgIpc) is 2.28. The number of rotatable bonds is 2. The van der Waals surface area contributed by atoms with E-state index in [1.807, 2.05) is 11.6 Å². The second-order valence-corrected chi connectivity index (χ2v) is 3.01. The van der Waals surface area contributed by atoms with Crippen molar-refractivity contribution in [1.29, 1.82) is 0 Å². The molecule has 62 valence electrons. The molecule has 0 radical (unpaired) electrons. The molecule has 0 spiro atoms. The average molecular weight is 154 g/mol. The van der Waals surface area contributed by atoms with E-state index >= 15 is 0 Å². The first-order chi connectivity index (χ1) is 5.15. The van der Waals surface area contributed by atoms with E-state index in [4.69, 9.17) is 0 Å². The zero-order chi connectivity index (χ0) is 8.43. The van der Waals surface area contributed by atoms with E-state index in [1.54, 1.807) is 0 Å². The lowest BCUT2D eigenvalue weighted by Crippen LogP contribution is -2.53. The smallest absolute Gasteiger partial charge is 0.0981 e. The summed E-state index contributed by atoms with van der Waals surface area (Å²) < 4.78 is 2.03. The van der Waals surface area contributed by atoms with Crippen LogP contribution in [0.3, 0.4) is 0 Å². The van der Waals surface area contributed by atoms with Crippen molar-refractivity contribution in [2.75, 3.05) is 6.54 Å². The van der Waals surface area contributed by atoms with E-state index in [0.717, 1.165) is 12.2 Å². The fraction of sp³-hybridized carbons (Fsp3) is 0.625. The number of aromatic nitrogens is 2. The first-order valence-corrected chi connectivity index (χ1v) is 3.97. The van der Waals surface area contributed by atoms with Crippen LogP contribution in [0.25, 0.3) is 0 Å². The molecule has 3 nitrogen and oxygen atoms in total. The van der Waals surface area contributed by atoms with Crippen LogP contribution in [-0.2, 0) is 0 Å². The summed E-state index contributed by atoms with van der Waals surface area (Å²) in [5.74, 6) is 0. The summed E-state index contributed by atoms with van der Waals surface area (Å²) in [4.78, 5) is 0. The van der Waals surface area contributed by atoms with Crippen LogP contribution < -0.4 is 5.73 Å². The summed E-state index contributed by atoms with van der Waals surface area (Å²) in [7, 11) is 0. The van der Waals surface area contributed by atoms with Crippen molar-refractivity contribution < 1.29 is 5.73 Å². The van der Waals surface area contributed by atoms with Gasteiger partial charge in [-0.05, 0) is 26.8 Å². The van der Waals surface area contributed by atoms with Crippen LogP contribution in [0, 0.1) is 13.8 Å². The molecule has 11 heavy (non-hydrogen) atoms. The maximum atomic E-state index is 4.36. The van der Waals surface area contributed by atoms with Gasteiger partial charge in [0, 0.05) is 5.69 Å². The third-order valence-corrected chi connectivity index (χ3v) is 1.88. The molecule has 0 saturated carbocycles. The van der Waals surface area contributed by atoms with Gasteiger partial charge in [0.1, 0.15) is 0 Å². The Hall–Kier alpha value is -0.830. The van der Waals surface area contributed by atoms with Crippen molar-refractivity contribution in [3.8, 4) is 0 Å². The monoisotopic (exact) mass is 154 g/mol. The highest BCUT2D eigenvalue weighted by atomic mass is 15.3. The first kappa shape index (κ1) is 8.27. The maximum absolute atomic E-state index is 4.36. The Morgan fingerprint density at radius 2 is 2.27 bits per heavy atom. The molecule has 0 saturated heterocycles. The lowest BCUT2D eigenvalue weighted by molar-refractivity contribution is -0.376. The maximum Gasteiger partial charge on any atom is 0.0981 e. The summed E-state index contributed by atoms with van der Waals surface area (Å²) >= 11 is 0. The van der Waals surface area contributed by atoms with E-state index in [1.165, 1.54) is 5.69 Å². The molecule has 0 amide bonds. The van der Waals surface area contributed by atoms with Crippen molar-refractivity contribution in [1.82, 2.24) is 9.78 Å². The van der Waals surface area contributed by atoms with E-state index in [9.17, 15) is 0 Å². The van der Waals surface area contributed by atoms with Gasteiger partial charge in [-0.3, -0.25) is 4.68 Å². The van der Waals surface area contributed by atoms with Gasteiger partial charge in [-0.15, -0.1) is 0 Å². The summed E-state index contributed by atoms with van der Waals surface area (Å²) in [5, 5.41) is 4.36. The van der Waals surface area contributed by atoms with Crippen LogP contribution in [0.1, 0.15) is 24.4 Å². The van der Waals surface area contributed by atoms with E-state index in [2.05, 4.69) is 30.7 Å². The van der Waals surface area contributed by atoms with Gasteiger partial charge in [0.25, 0.3) is 0 Å². The molecule has 0 aliphatic rings. The summed E-state index contributed by atoms with van der Waals surface area (Å²) in [6, 6.07) is 2.51. The molecule has 1 aromatic rings. The van der Waals surface area contributed by atoms with Gasteiger partial charge in [-0.25, -0.2) is 0 Å². The lowest BCUT2D eigenvalue weighted by atomic mass is 10.3. The Bertz CT molecular complexity index is 239. The molecule has 1 rings (SSSR count). The third-order valence-electron chi connectivity index (χ3n) is 1.88. The molecule has 0 aromatic carbocycles. The second-order valence-electron chi connectivity index (χ2n) is 3.01. The Balaban J connectivity index is 2.93. The molecule has 0 unspecified atom stereocenters. The van der Waals surface area contributed by atoms with Crippen LogP contribution in [0.2, 0.25) is 0 Å². The standard InChI is InChI=1S/C8H15N3/c1-6-4-7(2)11(10-6)8(3)5-9/h4,8H,5,9H2,1-3H3/p+1/t8-/m1/s1. The van der Waals surface area contributed by atoms with Gasteiger partial charge in [0.05, 0.1) is 18.3 Å². The van der Waals surface area contributed by atoms with Crippen LogP contribution in [0.5, 0.6) is 0 Å². The molecule has 3 N–H and O–H groups in total. The van der Waals surface area contributed by atoms with Gasteiger partial charge in [-0.2, -0.15) is 5.10 Å². The van der Waals surface area contributed by atoms with E-state index in [0.29, 0.717) is 6.04 Å². The molecular weight excluding hydrogens is 138 g/mol. The minimum atomic E-state index is 0.420. The normalized spacial score (nSPS) is 13.5. The molecule has 1 atom stereocenters. The second kappa shape index (κ2) is 3.05. The highest BCUT2D eigenvalue weighted by molar-refractivity contribution is 5.07. The van der Waals surface area contributed by atoms with E-state index in [-0.39, 0.29) is 0 Å². The van der Waals surface area contributed by atoms with Crippen LogP contribution in [0.4, 0.5) is 0 Å². The predicted octanol–water partition coefficient (Wildman–Crippen LogP) is 0.303. The SMILES string of the molecule is Cc1cc(C)n([C@H](C)C[NH3+])n1. The van der Waals surface area contributed by atoms with Crippen molar-refractivity contribution in [2.24, 2.45) is 0 Å². The number of aryl methyl sites for hydroxylation is 2. The zero-order valence-electron chi connectivity index (χ0n) is 7.46. The lowest BCUT2D eigenvalue weighted by Gasteiger charge is -2.08. The Morgan fingerprint density at radius 3 is 2.64 bits per heavy atom. The van der Waals surface area contributed by atoms with E-state index < -0.39 is 0 Å². The molecule has 0 aliphatic carbocycles. The largest absolute Gasteiger partial charge is 0.356 e. The van der Waals surface area contributed by atoms with Crippen LogP contribution >= 0.6 is 0 Å². The van der Waals surface area contributed by atoms with Crippen molar-refractivity contribution in [3.63, 3.8) is 0 Å². The van der Waals surface area contributed by atoms with Crippen molar-refractivity contribution in [2.45, 2.75) is 26.8 Å². The zero-order valence-corrected chi connectivity index (χ0v) is 7.46. The van der Waals surface area contributed by atoms with Gasteiger partial charge in [-0.1, -0.05) is 0 Å². The Kier molecular flexibility index (Phi) is 2.29. The number of quaternary nitrogens is 1. The molecule has 1 aromatic heterocycles. The van der Waals surface area contributed by atoms with Crippen LogP contribution in [-0.4, -0.2) is 16.3 Å². The van der Waals surface area contributed by atoms with Crippen molar-refractivity contribution >= 4 is 0 Å². The molecule has 0 fully saturated rings. The Morgan fingerprint density at radius 1 is 1.64 bits per heavy atom. The highest BCUT2D eigenvalue weighted by Crippen LogP contribution is 2.07. The van der Waals surface area contributed by atoms with Gasteiger partial charge in [0.15, 0.2) is 0 Å². The minimum absolute atomic E-state index is 0.420. The summed E-state index contributed by atoms with van der Waals surface area (Å²) in [6.07, 6.45) is 0. The van der Waals surface area contributed by atoms with Crippen LogP contribution in [0.15, 0.2) is 6.07 Å². The van der Waals surface area contributed by atoms with Gasteiger partial charge in [0.2, 0.25) is 0 Å². The molecular formula is C8H16N3+. The third kappa shape index (κ3) is 1.60. The molecule has 0 aliphatic heterocycles. The summed E-state index contributed by atoms with van der Waals surface area (Å²) in [6.45, 7) is 7.11. The number of hydrogen-bond donors (Lipinski definition) is 1. The molecule has 1 heterocycles. The first-order valence-electron chi connectivity index (χ1n) is 3.97. The number of hydrogen-bond acceptors (Lipinski definition) is 1.